The summed E-state index contributed by atoms with van der Waals surface area (Å²) in [6, 6.07) is 10.1. The molecule has 2 aromatic rings. The maximum atomic E-state index is 6.01. The minimum absolute atomic E-state index is 0.489. The lowest BCUT2D eigenvalue weighted by Gasteiger charge is -2.17. The number of pyridine rings is 1. The monoisotopic (exact) mass is 338 g/mol. The average molecular weight is 338 g/mol. The van der Waals surface area contributed by atoms with Crippen molar-refractivity contribution >= 4 is 5.57 Å². The van der Waals surface area contributed by atoms with Gasteiger partial charge >= 0.3 is 0 Å². The van der Waals surface area contributed by atoms with Gasteiger partial charge in [-0.25, -0.2) is 0 Å². The molecular formula is C21H26N2O2. The number of hydrogen-bond donors (Lipinski definition) is 0. The molecule has 0 amide bonds. The maximum Gasteiger partial charge on any atom is 0.131 e. The molecule has 0 N–H and O–H groups in total. The molecule has 0 radical (unpaired) electrons. The maximum absolute atomic E-state index is 6.01. The van der Waals surface area contributed by atoms with E-state index in [9.17, 15) is 0 Å². The van der Waals surface area contributed by atoms with E-state index in [1.165, 1.54) is 5.57 Å². The van der Waals surface area contributed by atoms with E-state index in [0.29, 0.717) is 6.61 Å². The molecule has 0 unspecified atom stereocenters. The number of aromatic nitrogens is 1. The molecule has 0 fully saturated rings. The molecule has 4 heteroatoms. The van der Waals surface area contributed by atoms with E-state index in [1.807, 2.05) is 24.4 Å². The molecule has 0 saturated carbocycles. The smallest absolute Gasteiger partial charge is 0.131 e. The Morgan fingerprint density at radius 2 is 2.04 bits per heavy atom. The van der Waals surface area contributed by atoms with Crippen LogP contribution in [0, 0.1) is 0 Å². The summed E-state index contributed by atoms with van der Waals surface area (Å²) in [5.41, 5.74) is 4.38. The van der Waals surface area contributed by atoms with Crippen LogP contribution in [0.5, 0.6) is 11.5 Å². The van der Waals surface area contributed by atoms with E-state index < -0.39 is 0 Å². The van der Waals surface area contributed by atoms with Gasteiger partial charge in [0.15, 0.2) is 0 Å². The fraction of sp³-hybridized carbons (Fsp3) is 0.381. The van der Waals surface area contributed by atoms with Gasteiger partial charge in [0.2, 0.25) is 0 Å². The summed E-state index contributed by atoms with van der Waals surface area (Å²) < 4.78 is 11.4. The normalized spacial score (nSPS) is 14.6. The summed E-state index contributed by atoms with van der Waals surface area (Å²) in [4.78, 5) is 6.95. The van der Waals surface area contributed by atoms with Crippen molar-refractivity contribution in [3.8, 4) is 11.5 Å². The first-order chi connectivity index (χ1) is 12.3. The van der Waals surface area contributed by atoms with Gasteiger partial charge in [-0.2, -0.15) is 0 Å². The molecule has 0 atom stereocenters. The van der Waals surface area contributed by atoms with Crippen molar-refractivity contribution in [1.29, 1.82) is 0 Å². The third-order valence-corrected chi connectivity index (χ3v) is 4.71. The molecule has 3 rings (SSSR count). The van der Waals surface area contributed by atoms with Crippen molar-refractivity contribution in [3.05, 3.63) is 59.4 Å². The van der Waals surface area contributed by atoms with Gasteiger partial charge < -0.3 is 14.4 Å². The fourth-order valence-electron chi connectivity index (χ4n) is 3.21. The van der Waals surface area contributed by atoms with E-state index in [4.69, 9.17) is 9.47 Å². The van der Waals surface area contributed by atoms with E-state index in [-0.39, 0.29) is 0 Å². The molecule has 1 aromatic carbocycles. The highest BCUT2D eigenvalue weighted by molar-refractivity contribution is 5.85. The first-order valence-corrected chi connectivity index (χ1v) is 8.94. The van der Waals surface area contributed by atoms with Crippen LogP contribution in [0.2, 0.25) is 0 Å². The molecule has 0 saturated heterocycles. The Kier molecular flexibility index (Phi) is 5.71. The number of methoxy groups -OCH3 is 1. The molecule has 25 heavy (non-hydrogen) atoms. The zero-order valence-corrected chi connectivity index (χ0v) is 15.3. The fourth-order valence-corrected chi connectivity index (χ4v) is 3.21. The van der Waals surface area contributed by atoms with E-state index in [2.05, 4.69) is 41.9 Å². The average Bonchev–Trinajstić information content (AvgIpc) is 2.82. The Hall–Kier alpha value is -2.33. The Bertz CT molecular complexity index is 751. The highest BCUT2D eigenvalue weighted by Crippen LogP contribution is 2.38. The number of nitrogens with zero attached hydrogens (tertiary/aromatic N) is 2. The Morgan fingerprint density at radius 3 is 2.80 bits per heavy atom. The molecule has 0 aliphatic carbocycles. The van der Waals surface area contributed by atoms with Crippen LogP contribution in [0.25, 0.3) is 5.57 Å². The Labute approximate surface area is 150 Å². The zero-order chi connectivity index (χ0) is 17.6. The van der Waals surface area contributed by atoms with Crippen molar-refractivity contribution in [2.75, 3.05) is 26.7 Å². The van der Waals surface area contributed by atoms with Gasteiger partial charge in [-0.3, -0.25) is 4.98 Å². The molecule has 0 bridgehead atoms. The van der Waals surface area contributed by atoms with Crippen molar-refractivity contribution in [2.24, 2.45) is 0 Å². The molecule has 2 heterocycles. The van der Waals surface area contributed by atoms with Crippen LogP contribution in [-0.4, -0.2) is 36.6 Å². The van der Waals surface area contributed by atoms with E-state index >= 15 is 0 Å². The number of benzene rings is 1. The van der Waals surface area contributed by atoms with Crippen LogP contribution < -0.4 is 9.47 Å². The van der Waals surface area contributed by atoms with Gasteiger partial charge in [0.25, 0.3) is 0 Å². The van der Waals surface area contributed by atoms with Crippen molar-refractivity contribution in [2.45, 2.75) is 26.9 Å². The summed E-state index contributed by atoms with van der Waals surface area (Å²) >= 11 is 0. The molecule has 0 spiro atoms. The van der Waals surface area contributed by atoms with Gasteiger partial charge in [-0.05, 0) is 49.3 Å². The highest BCUT2D eigenvalue weighted by atomic mass is 16.5. The summed E-state index contributed by atoms with van der Waals surface area (Å²) in [5.74, 6) is 1.72. The van der Waals surface area contributed by atoms with Crippen molar-refractivity contribution < 1.29 is 9.47 Å². The first-order valence-electron chi connectivity index (χ1n) is 8.94. The predicted molar refractivity (Wildman–Crippen MR) is 101 cm³/mol. The zero-order valence-electron chi connectivity index (χ0n) is 15.3. The standard InChI is InChI=1S/C21H26N2O2/c1-4-23(5-2)13-7-9-17-18-8-6-12-22-20(18)15-25-21-11-10-16(24-3)14-19(17)21/h6,8-12,14H,4-5,7,13,15H2,1-3H3/b17-9+. The SMILES string of the molecule is CCN(CC)CC/C=C1/c2cc(OC)ccc2OCc2ncccc21. The number of fused-ring (bicyclic) bond motifs is 2. The van der Waals surface area contributed by atoms with Crippen LogP contribution in [0.4, 0.5) is 0 Å². The topological polar surface area (TPSA) is 34.6 Å². The van der Waals surface area contributed by atoms with Crippen LogP contribution in [0.15, 0.2) is 42.6 Å². The lowest BCUT2D eigenvalue weighted by Crippen LogP contribution is -2.23. The van der Waals surface area contributed by atoms with Crippen LogP contribution in [0.3, 0.4) is 0 Å². The number of ether oxygens (including phenoxy) is 2. The van der Waals surface area contributed by atoms with Crippen LogP contribution in [-0.2, 0) is 6.61 Å². The molecule has 1 aromatic heterocycles. The summed E-state index contributed by atoms with van der Waals surface area (Å²) in [6.07, 6.45) is 5.13. The van der Waals surface area contributed by atoms with Crippen LogP contribution >= 0.6 is 0 Å². The minimum atomic E-state index is 0.489. The largest absolute Gasteiger partial charge is 0.497 e. The minimum Gasteiger partial charge on any atom is -0.497 e. The molecule has 4 nitrogen and oxygen atoms in total. The third kappa shape index (κ3) is 3.85. The van der Waals surface area contributed by atoms with E-state index in [0.717, 1.165) is 54.4 Å². The second-order valence-corrected chi connectivity index (χ2v) is 6.08. The van der Waals surface area contributed by atoms with Gasteiger partial charge in [-0.15, -0.1) is 0 Å². The van der Waals surface area contributed by atoms with Crippen LogP contribution in [0.1, 0.15) is 37.1 Å². The molecule has 132 valence electrons. The van der Waals surface area contributed by atoms with Gasteiger partial charge in [0.1, 0.15) is 18.1 Å². The van der Waals surface area contributed by atoms with Gasteiger partial charge in [-0.1, -0.05) is 26.0 Å². The lowest BCUT2D eigenvalue weighted by atomic mass is 9.95. The summed E-state index contributed by atoms with van der Waals surface area (Å²) in [7, 11) is 1.69. The second-order valence-electron chi connectivity index (χ2n) is 6.08. The quantitative estimate of drug-likeness (QED) is 0.793. The number of hydrogen-bond acceptors (Lipinski definition) is 4. The lowest BCUT2D eigenvalue weighted by molar-refractivity contribution is 0.301. The third-order valence-electron chi connectivity index (χ3n) is 4.71. The Morgan fingerprint density at radius 1 is 1.20 bits per heavy atom. The number of rotatable bonds is 6. The van der Waals surface area contributed by atoms with E-state index in [1.54, 1.807) is 7.11 Å². The molecule has 1 aliphatic heterocycles. The highest BCUT2D eigenvalue weighted by Gasteiger charge is 2.20. The van der Waals surface area contributed by atoms with Crippen molar-refractivity contribution in [3.63, 3.8) is 0 Å². The van der Waals surface area contributed by atoms with Gasteiger partial charge in [0.05, 0.1) is 12.8 Å². The van der Waals surface area contributed by atoms with Gasteiger partial charge in [0, 0.05) is 23.9 Å². The Balaban J connectivity index is 2.01. The first kappa shape index (κ1) is 17.5. The second kappa shape index (κ2) is 8.17. The predicted octanol–water partition coefficient (Wildman–Crippen LogP) is 4.15. The summed E-state index contributed by atoms with van der Waals surface area (Å²) in [6.45, 7) is 8.09. The summed E-state index contributed by atoms with van der Waals surface area (Å²) in [5, 5.41) is 0. The molecular weight excluding hydrogens is 312 g/mol. The molecule has 1 aliphatic rings. The van der Waals surface area contributed by atoms with Crippen molar-refractivity contribution in [1.82, 2.24) is 9.88 Å².